The Hall–Kier alpha value is -1.93. The molecule has 2 aliphatic heterocycles. The van der Waals surface area contributed by atoms with Crippen LogP contribution in [0.2, 0.25) is 0 Å². The lowest BCUT2D eigenvalue weighted by molar-refractivity contribution is -0.132. The fourth-order valence-electron chi connectivity index (χ4n) is 3.51. The van der Waals surface area contributed by atoms with Gasteiger partial charge in [-0.3, -0.25) is 4.79 Å². The second kappa shape index (κ2) is 7.75. The first kappa shape index (κ1) is 18.8. The summed E-state index contributed by atoms with van der Waals surface area (Å²) in [5, 5.41) is 3.26. The summed E-state index contributed by atoms with van der Waals surface area (Å²) in [7, 11) is 0.178. The Morgan fingerprint density at radius 3 is 2.69 bits per heavy atom. The van der Waals surface area contributed by atoms with Crippen molar-refractivity contribution >= 4 is 21.8 Å². The number of hydrogen-bond donors (Lipinski definition) is 1. The first-order chi connectivity index (χ1) is 12.4. The summed E-state index contributed by atoms with van der Waals surface area (Å²) in [6.45, 7) is 2.19. The van der Waals surface area contributed by atoms with Gasteiger partial charge < -0.3 is 15.1 Å². The van der Waals surface area contributed by atoms with E-state index in [-0.39, 0.29) is 10.8 Å². The van der Waals surface area contributed by atoms with Gasteiger partial charge in [0.25, 0.3) is 10.0 Å². The van der Waals surface area contributed by atoms with Crippen molar-refractivity contribution < 1.29 is 13.2 Å². The van der Waals surface area contributed by atoms with Gasteiger partial charge in [-0.1, -0.05) is 12.1 Å². The van der Waals surface area contributed by atoms with Crippen LogP contribution in [0.25, 0.3) is 0 Å². The molecule has 1 N–H and O–H groups in total. The predicted octanol–water partition coefficient (Wildman–Crippen LogP) is 1.06. The van der Waals surface area contributed by atoms with Crippen molar-refractivity contribution in [1.82, 2.24) is 15.1 Å². The summed E-state index contributed by atoms with van der Waals surface area (Å²) in [6, 6.07) is 7.36. The Balaban J connectivity index is 1.52. The number of piperidine rings is 1. The number of fused-ring (bicyclic) bond motifs is 1. The number of carbonyl (C=O) groups is 1. The molecule has 7 nitrogen and oxygen atoms in total. The van der Waals surface area contributed by atoms with Crippen LogP contribution in [0, 0.1) is 0 Å². The van der Waals surface area contributed by atoms with Crippen LogP contribution in [0.5, 0.6) is 0 Å². The molecule has 2 aliphatic rings. The molecule has 0 aliphatic carbocycles. The number of rotatable bonds is 5. The average Bonchev–Trinajstić information content (AvgIpc) is 2.93. The highest BCUT2D eigenvalue weighted by Crippen LogP contribution is 2.27. The molecule has 3 rings (SSSR count). The number of likely N-dealkylation sites (tertiary alicyclic amines) is 1. The number of benzene rings is 1. The Morgan fingerprint density at radius 1 is 1.31 bits per heavy atom. The van der Waals surface area contributed by atoms with E-state index in [2.05, 4.69) is 9.71 Å². The molecule has 0 saturated carbocycles. The third-order valence-corrected chi connectivity index (χ3v) is 6.44. The van der Waals surface area contributed by atoms with Crippen molar-refractivity contribution in [3.8, 4) is 0 Å². The van der Waals surface area contributed by atoms with Crippen LogP contribution in [0.3, 0.4) is 0 Å². The number of hydrogen-bond acceptors (Lipinski definition) is 5. The smallest absolute Gasteiger partial charge is 0.285 e. The van der Waals surface area contributed by atoms with Gasteiger partial charge in [0.2, 0.25) is 5.91 Å². The highest BCUT2D eigenvalue weighted by Gasteiger charge is 2.30. The Bertz CT molecular complexity index is 798. The number of amides is 1. The summed E-state index contributed by atoms with van der Waals surface area (Å²) >= 11 is 0. The Morgan fingerprint density at radius 2 is 2.00 bits per heavy atom. The first-order valence-electron chi connectivity index (χ1n) is 9.03. The van der Waals surface area contributed by atoms with Crippen LogP contribution in [-0.4, -0.2) is 69.7 Å². The molecule has 0 unspecified atom stereocenters. The molecule has 142 valence electrons. The standard InChI is InChI=1S/C18H26N4O3S/c1-19-14-9-12-22(13-10-14)17(23)8-5-11-21(2)18-15-6-3-4-7-16(15)26(24,25)20-18/h3-4,6-7,14,19H,5,8-13H2,1-2H3. The summed E-state index contributed by atoms with van der Waals surface area (Å²) in [6.07, 6.45) is 3.12. The molecule has 1 amide bonds. The third kappa shape index (κ3) is 3.91. The second-order valence-corrected chi connectivity index (χ2v) is 8.43. The maximum Gasteiger partial charge on any atom is 0.285 e. The number of sulfonamides is 1. The fourth-order valence-corrected chi connectivity index (χ4v) is 4.76. The Labute approximate surface area is 155 Å². The van der Waals surface area contributed by atoms with Gasteiger partial charge in [-0.25, -0.2) is 0 Å². The number of nitrogens with zero attached hydrogens (tertiary/aromatic N) is 3. The van der Waals surface area contributed by atoms with E-state index in [1.807, 2.05) is 23.9 Å². The third-order valence-electron chi connectivity index (χ3n) is 5.11. The molecule has 1 fully saturated rings. The van der Waals surface area contributed by atoms with Crippen molar-refractivity contribution in [3.05, 3.63) is 29.8 Å². The lowest BCUT2D eigenvalue weighted by Crippen LogP contribution is -2.44. The SMILES string of the molecule is CNC1CCN(C(=O)CCCN(C)C2=NS(=O)(=O)c3ccccc32)CC1. The normalized spacial score (nSPS) is 19.2. The number of amidine groups is 1. The molecule has 1 saturated heterocycles. The molecule has 0 bridgehead atoms. The molecule has 0 aromatic heterocycles. The molecule has 0 atom stereocenters. The summed E-state index contributed by atoms with van der Waals surface area (Å²) in [5.41, 5.74) is 0.635. The quantitative estimate of drug-likeness (QED) is 0.828. The predicted molar refractivity (Wildman–Crippen MR) is 101 cm³/mol. The largest absolute Gasteiger partial charge is 0.358 e. The first-order valence-corrected chi connectivity index (χ1v) is 10.5. The molecule has 0 radical (unpaired) electrons. The molecule has 26 heavy (non-hydrogen) atoms. The zero-order valence-corrected chi connectivity index (χ0v) is 16.1. The van der Waals surface area contributed by atoms with Crippen molar-refractivity contribution in [2.75, 3.05) is 33.7 Å². The van der Waals surface area contributed by atoms with Gasteiger partial charge >= 0.3 is 0 Å². The van der Waals surface area contributed by atoms with Crippen LogP contribution in [-0.2, 0) is 14.8 Å². The van der Waals surface area contributed by atoms with E-state index in [9.17, 15) is 13.2 Å². The van der Waals surface area contributed by atoms with Gasteiger partial charge in [0, 0.05) is 44.7 Å². The summed E-state index contributed by atoms with van der Waals surface area (Å²) < 4.78 is 28.2. The van der Waals surface area contributed by atoms with Crippen molar-refractivity contribution in [2.45, 2.75) is 36.6 Å². The van der Waals surface area contributed by atoms with E-state index in [1.54, 1.807) is 24.3 Å². The van der Waals surface area contributed by atoms with Crippen LogP contribution >= 0.6 is 0 Å². The topological polar surface area (TPSA) is 82.1 Å². The number of carbonyl (C=O) groups excluding carboxylic acids is 1. The van der Waals surface area contributed by atoms with E-state index in [0.29, 0.717) is 36.8 Å². The van der Waals surface area contributed by atoms with E-state index in [4.69, 9.17) is 0 Å². The molecule has 8 heteroatoms. The lowest BCUT2D eigenvalue weighted by atomic mass is 10.0. The van der Waals surface area contributed by atoms with Gasteiger partial charge in [0.05, 0.1) is 0 Å². The minimum Gasteiger partial charge on any atom is -0.358 e. The highest BCUT2D eigenvalue weighted by molar-refractivity contribution is 7.90. The maximum atomic E-state index is 12.4. The Kier molecular flexibility index (Phi) is 5.62. The molecule has 2 heterocycles. The van der Waals surface area contributed by atoms with Crippen LogP contribution < -0.4 is 5.32 Å². The van der Waals surface area contributed by atoms with E-state index in [1.165, 1.54) is 0 Å². The second-order valence-electron chi connectivity index (χ2n) is 6.85. The van der Waals surface area contributed by atoms with Crippen molar-refractivity contribution in [1.29, 1.82) is 0 Å². The van der Waals surface area contributed by atoms with Crippen molar-refractivity contribution in [3.63, 3.8) is 0 Å². The van der Waals surface area contributed by atoms with E-state index >= 15 is 0 Å². The maximum absolute atomic E-state index is 12.4. The van der Waals surface area contributed by atoms with Crippen molar-refractivity contribution in [2.24, 2.45) is 4.40 Å². The summed E-state index contributed by atoms with van der Waals surface area (Å²) in [4.78, 5) is 16.4. The van der Waals surface area contributed by atoms with E-state index in [0.717, 1.165) is 25.9 Å². The molecular formula is C18H26N4O3S. The minimum atomic E-state index is -3.60. The van der Waals surface area contributed by atoms with Gasteiger partial charge in [-0.2, -0.15) is 8.42 Å². The lowest BCUT2D eigenvalue weighted by Gasteiger charge is -2.32. The van der Waals surface area contributed by atoms with E-state index < -0.39 is 10.0 Å². The van der Waals surface area contributed by atoms with Gasteiger partial charge in [0.15, 0.2) is 0 Å². The molecule has 1 aromatic carbocycles. The number of nitrogens with one attached hydrogen (secondary N) is 1. The molecule has 0 spiro atoms. The van der Waals surface area contributed by atoms with Crippen LogP contribution in [0.15, 0.2) is 33.6 Å². The van der Waals surface area contributed by atoms with Crippen LogP contribution in [0.1, 0.15) is 31.2 Å². The van der Waals surface area contributed by atoms with Crippen LogP contribution in [0.4, 0.5) is 0 Å². The molecular weight excluding hydrogens is 352 g/mol. The zero-order valence-electron chi connectivity index (χ0n) is 15.3. The zero-order chi connectivity index (χ0) is 18.7. The highest BCUT2D eigenvalue weighted by atomic mass is 32.2. The minimum absolute atomic E-state index is 0.175. The van der Waals surface area contributed by atoms with Gasteiger partial charge in [-0.05, 0) is 38.4 Å². The van der Waals surface area contributed by atoms with Gasteiger partial charge in [-0.15, -0.1) is 4.40 Å². The molecule has 1 aromatic rings. The van der Waals surface area contributed by atoms with Gasteiger partial charge in [0.1, 0.15) is 10.7 Å². The monoisotopic (exact) mass is 378 g/mol. The summed E-state index contributed by atoms with van der Waals surface area (Å²) in [5.74, 6) is 0.636. The average molecular weight is 378 g/mol. The fraction of sp³-hybridized carbons (Fsp3) is 0.556.